The second kappa shape index (κ2) is 7.67. The van der Waals surface area contributed by atoms with Crippen LogP contribution in [-0.2, 0) is 9.53 Å². The fourth-order valence-corrected chi connectivity index (χ4v) is 4.49. The quantitative estimate of drug-likeness (QED) is 0.657. The Morgan fingerprint density at radius 1 is 0.933 bits per heavy atom. The molecule has 0 saturated carbocycles. The number of ether oxygens (including phenoxy) is 1. The summed E-state index contributed by atoms with van der Waals surface area (Å²) in [6, 6.07) is 22.2. The van der Waals surface area contributed by atoms with E-state index in [1.807, 2.05) is 59.5 Å². The van der Waals surface area contributed by atoms with Crippen LogP contribution in [0.3, 0.4) is 0 Å². The van der Waals surface area contributed by atoms with Crippen molar-refractivity contribution >= 4 is 33.8 Å². The molecule has 0 aliphatic carbocycles. The van der Waals surface area contributed by atoms with Crippen molar-refractivity contribution < 1.29 is 9.53 Å². The fraction of sp³-hybridized carbons (Fsp3) is 0.280. The molecule has 2 heterocycles. The largest absolute Gasteiger partial charge is 0.373 e. The van der Waals surface area contributed by atoms with Crippen LogP contribution in [0.25, 0.3) is 10.8 Å². The molecule has 1 fully saturated rings. The van der Waals surface area contributed by atoms with Crippen molar-refractivity contribution in [2.45, 2.75) is 26.1 Å². The van der Waals surface area contributed by atoms with Crippen LogP contribution in [-0.4, -0.2) is 48.5 Å². The topological polar surface area (TPSA) is 45.1 Å². The van der Waals surface area contributed by atoms with E-state index >= 15 is 0 Å². The van der Waals surface area contributed by atoms with E-state index in [4.69, 9.17) is 9.73 Å². The minimum absolute atomic E-state index is 0.0452. The number of carbonyl (C=O) groups is 1. The Morgan fingerprint density at radius 2 is 1.63 bits per heavy atom. The Balaban J connectivity index is 1.49. The molecular weight excluding hydrogens is 374 g/mol. The third-order valence-electron chi connectivity index (χ3n) is 5.71. The summed E-state index contributed by atoms with van der Waals surface area (Å²) < 4.78 is 5.84. The molecule has 0 radical (unpaired) electrons. The maximum atomic E-state index is 13.4. The maximum Gasteiger partial charge on any atom is 0.278 e. The number of morpholine rings is 1. The molecule has 1 saturated heterocycles. The van der Waals surface area contributed by atoms with Crippen LogP contribution >= 0.6 is 0 Å². The van der Waals surface area contributed by atoms with E-state index in [1.54, 1.807) is 0 Å². The molecule has 5 rings (SSSR count). The van der Waals surface area contributed by atoms with E-state index in [1.165, 1.54) is 0 Å². The number of benzene rings is 3. The first-order chi connectivity index (χ1) is 14.6. The molecule has 2 atom stereocenters. The molecule has 0 aromatic heterocycles. The number of amides is 1. The van der Waals surface area contributed by atoms with E-state index in [2.05, 4.69) is 30.9 Å². The fourth-order valence-electron chi connectivity index (χ4n) is 4.49. The highest BCUT2D eigenvalue weighted by molar-refractivity contribution is 6.54. The van der Waals surface area contributed by atoms with Crippen molar-refractivity contribution in [2.75, 3.05) is 24.7 Å². The lowest BCUT2D eigenvalue weighted by molar-refractivity contribution is -0.113. The van der Waals surface area contributed by atoms with Crippen LogP contribution in [0.4, 0.5) is 11.4 Å². The summed E-state index contributed by atoms with van der Waals surface area (Å²) in [6.45, 7) is 6.33. The molecule has 0 N–H and O–H groups in total. The maximum absolute atomic E-state index is 13.4. The van der Waals surface area contributed by atoms with Gasteiger partial charge in [0.1, 0.15) is 5.71 Å². The zero-order valence-corrected chi connectivity index (χ0v) is 17.3. The van der Waals surface area contributed by atoms with Gasteiger partial charge in [-0.25, -0.2) is 4.99 Å². The van der Waals surface area contributed by atoms with E-state index in [0.717, 1.165) is 40.8 Å². The summed E-state index contributed by atoms with van der Waals surface area (Å²) in [5, 5.41) is 2.28. The second-order valence-electron chi connectivity index (χ2n) is 8.18. The van der Waals surface area contributed by atoms with Crippen molar-refractivity contribution in [1.29, 1.82) is 0 Å². The van der Waals surface area contributed by atoms with Gasteiger partial charge in [0.25, 0.3) is 5.91 Å². The molecule has 0 unspecified atom stereocenters. The first kappa shape index (κ1) is 19.0. The highest BCUT2D eigenvalue weighted by Crippen LogP contribution is 2.32. The average Bonchev–Trinajstić information content (AvgIpc) is 2.99. The lowest BCUT2D eigenvalue weighted by Crippen LogP contribution is -2.50. The van der Waals surface area contributed by atoms with Crippen LogP contribution in [0.1, 0.15) is 19.4 Å². The molecule has 30 heavy (non-hydrogen) atoms. The zero-order chi connectivity index (χ0) is 20.7. The first-order valence-electron chi connectivity index (χ1n) is 10.4. The molecule has 152 valence electrons. The Hall–Kier alpha value is -3.02. The van der Waals surface area contributed by atoms with Crippen molar-refractivity contribution in [1.82, 2.24) is 4.90 Å². The molecule has 0 bridgehead atoms. The van der Waals surface area contributed by atoms with Crippen LogP contribution in [0.2, 0.25) is 0 Å². The number of anilines is 1. The summed E-state index contributed by atoms with van der Waals surface area (Å²) in [4.78, 5) is 22.3. The smallest absolute Gasteiger partial charge is 0.278 e. The normalized spacial score (nSPS) is 23.3. The standard InChI is InChI=1S/C25H25N3O2/c1-17-14-27(15-18(2)30-17)16-28-23-10-6-5-9-22(23)24(25(28)29)26-21-12-11-19-7-3-4-8-20(19)13-21/h3-13,17-18H,14-16H2,1-2H3/t17-,18+. The molecular formula is C25H25N3O2. The van der Waals surface area contributed by atoms with Crippen molar-refractivity contribution in [2.24, 2.45) is 4.99 Å². The van der Waals surface area contributed by atoms with E-state index in [9.17, 15) is 4.79 Å². The summed E-state index contributed by atoms with van der Waals surface area (Å²) in [5.74, 6) is -0.0452. The molecule has 3 aromatic rings. The number of nitrogens with zero attached hydrogens (tertiary/aromatic N) is 3. The first-order valence-corrected chi connectivity index (χ1v) is 10.4. The molecule has 2 aliphatic heterocycles. The third kappa shape index (κ3) is 3.51. The van der Waals surface area contributed by atoms with Gasteiger partial charge < -0.3 is 4.74 Å². The third-order valence-corrected chi connectivity index (χ3v) is 5.71. The number of rotatable bonds is 3. The van der Waals surface area contributed by atoms with Gasteiger partial charge in [0.05, 0.1) is 30.3 Å². The van der Waals surface area contributed by atoms with Gasteiger partial charge in [0.15, 0.2) is 0 Å². The minimum atomic E-state index is -0.0452. The highest BCUT2D eigenvalue weighted by Gasteiger charge is 2.35. The van der Waals surface area contributed by atoms with Gasteiger partial charge in [-0.2, -0.15) is 0 Å². The Labute approximate surface area is 176 Å². The summed E-state index contributed by atoms with van der Waals surface area (Å²) in [6.07, 6.45) is 0.319. The summed E-state index contributed by atoms with van der Waals surface area (Å²) in [7, 11) is 0. The van der Waals surface area contributed by atoms with E-state index < -0.39 is 0 Å². The average molecular weight is 399 g/mol. The molecule has 5 nitrogen and oxygen atoms in total. The zero-order valence-electron chi connectivity index (χ0n) is 17.3. The number of para-hydroxylation sites is 1. The molecule has 0 spiro atoms. The predicted molar refractivity (Wildman–Crippen MR) is 121 cm³/mol. The van der Waals surface area contributed by atoms with Crippen LogP contribution in [0, 0.1) is 0 Å². The van der Waals surface area contributed by atoms with E-state index in [-0.39, 0.29) is 18.1 Å². The van der Waals surface area contributed by atoms with Crippen LogP contribution in [0.5, 0.6) is 0 Å². The van der Waals surface area contributed by atoms with Crippen LogP contribution in [0.15, 0.2) is 71.7 Å². The Morgan fingerprint density at radius 3 is 2.43 bits per heavy atom. The Bertz CT molecular complexity index is 1130. The van der Waals surface area contributed by atoms with Gasteiger partial charge in [-0.05, 0) is 42.8 Å². The van der Waals surface area contributed by atoms with Gasteiger partial charge >= 0.3 is 0 Å². The van der Waals surface area contributed by atoms with Gasteiger partial charge in [-0.15, -0.1) is 0 Å². The van der Waals surface area contributed by atoms with Gasteiger partial charge in [-0.1, -0.05) is 48.5 Å². The Kier molecular flexibility index (Phi) is 4.85. The highest BCUT2D eigenvalue weighted by atomic mass is 16.5. The van der Waals surface area contributed by atoms with Crippen molar-refractivity contribution in [3.05, 3.63) is 72.3 Å². The number of hydrogen-bond donors (Lipinski definition) is 0. The van der Waals surface area contributed by atoms with Crippen molar-refractivity contribution in [3.8, 4) is 0 Å². The number of hydrogen-bond acceptors (Lipinski definition) is 4. The number of fused-ring (bicyclic) bond motifs is 2. The van der Waals surface area contributed by atoms with Gasteiger partial charge in [0, 0.05) is 18.7 Å². The predicted octanol–water partition coefficient (Wildman–Crippen LogP) is 4.37. The molecule has 1 amide bonds. The number of aliphatic imine (C=N–C) groups is 1. The molecule has 3 aromatic carbocycles. The lowest BCUT2D eigenvalue weighted by atomic mass is 10.1. The number of carbonyl (C=O) groups excluding carboxylic acids is 1. The van der Waals surface area contributed by atoms with Gasteiger partial charge in [0.2, 0.25) is 0 Å². The second-order valence-corrected chi connectivity index (χ2v) is 8.18. The minimum Gasteiger partial charge on any atom is -0.373 e. The van der Waals surface area contributed by atoms with Gasteiger partial charge in [-0.3, -0.25) is 14.6 Å². The lowest BCUT2D eigenvalue weighted by Gasteiger charge is -2.37. The monoisotopic (exact) mass is 399 g/mol. The molecule has 2 aliphatic rings. The SMILES string of the molecule is C[C@@H]1CN(CN2C(=O)C(=Nc3ccc4ccccc4c3)c3ccccc32)C[C@H](C)O1. The van der Waals surface area contributed by atoms with E-state index in [0.29, 0.717) is 12.4 Å². The molecule has 5 heteroatoms. The summed E-state index contributed by atoms with van der Waals surface area (Å²) >= 11 is 0. The van der Waals surface area contributed by atoms with Crippen molar-refractivity contribution in [3.63, 3.8) is 0 Å². The summed E-state index contributed by atoms with van der Waals surface area (Å²) in [5.41, 5.74) is 3.12. The van der Waals surface area contributed by atoms with Crippen LogP contribution < -0.4 is 4.90 Å².